The van der Waals surface area contributed by atoms with Gasteiger partial charge in [-0.25, -0.2) is 4.39 Å². The zero-order valence-corrected chi connectivity index (χ0v) is 11.6. The number of hydrogen-bond donors (Lipinski definition) is 1. The van der Waals surface area contributed by atoms with Crippen LogP contribution in [-0.4, -0.2) is 10.1 Å². The van der Waals surface area contributed by atoms with E-state index in [9.17, 15) is 9.50 Å². The van der Waals surface area contributed by atoms with Crippen molar-refractivity contribution in [2.75, 3.05) is 0 Å². The number of pyridine rings is 1. The van der Waals surface area contributed by atoms with E-state index in [4.69, 9.17) is 11.6 Å². The van der Waals surface area contributed by atoms with Crippen molar-refractivity contribution in [1.82, 2.24) is 4.98 Å². The van der Waals surface area contributed by atoms with Gasteiger partial charge in [0.25, 0.3) is 0 Å². The molecule has 2 nitrogen and oxygen atoms in total. The van der Waals surface area contributed by atoms with E-state index >= 15 is 0 Å². The fourth-order valence-electron chi connectivity index (χ4n) is 1.61. The molecule has 1 aromatic carbocycles. The SMILES string of the molecule is OC(Cc1ccc(Br)cn1)c1ccc(Cl)cc1F. The Bertz CT molecular complexity index is 547. The Kier molecular flexibility index (Phi) is 4.32. The van der Waals surface area contributed by atoms with Crippen LogP contribution in [0.3, 0.4) is 0 Å². The number of nitrogens with zero attached hydrogens (tertiary/aromatic N) is 1. The molecule has 5 heteroatoms. The van der Waals surface area contributed by atoms with E-state index in [-0.39, 0.29) is 12.0 Å². The van der Waals surface area contributed by atoms with Crippen LogP contribution in [0.5, 0.6) is 0 Å². The van der Waals surface area contributed by atoms with Crippen molar-refractivity contribution in [2.24, 2.45) is 0 Å². The first-order chi connectivity index (χ1) is 8.56. The Hall–Kier alpha value is -0.970. The monoisotopic (exact) mass is 329 g/mol. The molecule has 0 saturated heterocycles. The van der Waals surface area contributed by atoms with Crippen LogP contribution in [0.1, 0.15) is 17.4 Å². The quantitative estimate of drug-likeness (QED) is 0.925. The van der Waals surface area contributed by atoms with Crippen LogP contribution in [0, 0.1) is 5.82 Å². The van der Waals surface area contributed by atoms with Gasteiger partial charge in [0.15, 0.2) is 0 Å². The Labute approximate surface area is 118 Å². The van der Waals surface area contributed by atoms with E-state index < -0.39 is 11.9 Å². The second-order valence-corrected chi connectivity index (χ2v) is 5.21. The molecule has 0 amide bonds. The highest BCUT2D eigenvalue weighted by Gasteiger charge is 2.14. The summed E-state index contributed by atoms with van der Waals surface area (Å²) in [6.45, 7) is 0. The van der Waals surface area contributed by atoms with Gasteiger partial charge in [-0.05, 0) is 40.2 Å². The zero-order chi connectivity index (χ0) is 13.1. The molecule has 1 aromatic heterocycles. The Morgan fingerprint density at radius 1 is 1.33 bits per heavy atom. The maximum Gasteiger partial charge on any atom is 0.130 e. The predicted molar refractivity (Wildman–Crippen MR) is 72.0 cm³/mol. The highest BCUT2D eigenvalue weighted by atomic mass is 79.9. The van der Waals surface area contributed by atoms with E-state index in [0.29, 0.717) is 10.7 Å². The minimum Gasteiger partial charge on any atom is -0.388 e. The van der Waals surface area contributed by atoms with Gasteiger partial charge < -0.3 is 5.11 Å². The summed E-state index contributed by atoms with van der Waals surface area (Å²) >= 11 is 8.94. The molecule has 0 aliphatic carbocycles. The predicted octanol–water partition coefficient (Wildman–Crippen LogP) is 3.91. The molecule has 0 aliphatic rings. The minimum absolute atomic E-state index is 0.226. The van der Waals surface area contributed by atoms with Crippen molar-refractivity contribution in [1.29, 1.82) is 0 Å². The normalized spacial score (nSPS) is 12.4. The summed E-state index contributed by atoms with van der Waals surface area (Å²) < 4.78 is 14.5. The average Bonchev–Trinajstić information content (AvgIpc) is 2.32. The van der Waals surface area contributed by atoms with E-state index in [1.54, 1.807) is 18.3 Å². The number of rotatable bonds is 3. The molecular formula is C13H10BrClFNO. The van der Waals surface area contributed by atoms with Gasteiger partial charge in [-0.3, -0.25) is 4.98 Å². The summed E-state index contributed by atoms with van der Waals surface area (Å²) in [5, 5.41) is 10.3. The number of aliphatic hydroxyl groups is 1. The third-order valence-corrected chi connectivity index (χ3v) is 3.22. The molecular weight excluding hydrogens is 321 g/mol. The van der Waals surface area contributed by atoms with E-state index in [0.717, 1.165) is 4.47 Å². The van der Waals surface area contributed by atoms with Gasteiger partial charge in [0, 0.05) is 33.4 Å². The fraction of sp³-hybridized carbons (Fsp3) is 0.154. The van der Waals surface area contributed by atoms with Crippen LogP contribution in [0.25, 0.3) is 0 Å². The first-order valence-electron chi connectivity index (χ1n) is 5.29. The summed E-state index contributed by atoms with van der Waals surface area (Å²) in [4.78, 5) is 4.14. The van der Waals surface area contributed by atoms with Crippen LogP contribution < -0.4 is 0 Å². The standard InChI is InChI=1S/C13H10BrClFNO/c14-8-1-3-10(17-7-8)6-13(18)11-4-2-9(15)5-12(11)16/h1-5,7,13,18H,6H2. The van der Waals surface area contributed by atoms with Crippen molar-refractivity contribution in [3.8, 4) is 0 Å². The first-order valence-corrected chi connectivity index (χ1v) is 6.47. The van der Waals surface area contributed by atoms with Crippen LogP contribution >= 0.6 is 27.5 Å². The summed E-state index contributed by atoms with van der Waals surface area (Å²) in [5.74, 6) is -0.507. The lowest BCUT2D eigenvalue weighted by Crippen LogP contribution is -2.05. The summed E-state index contributed by atoms with van der Waals surface area (Å²) in [7, 11) is 0. The number of aliphatic hydroxyl groups excluding tert-OH is 1. The van der Waals surface area contributed by atoms with Gasteiger partial charge in [-0.2, -0.15) is 0 Å². The summed E-state index contributed by atoms with van der Waals surface area (Å²) in [5.41, 5.74) is 0.921. The van der Waals surface area contributed by atoms with Crippen LogP contribution in [0.2, 0.25) is 5.02 Å². The fourth-order valence-corrected chi connectivity index (χ4v) is 2.00. The van der Waals surface area contributed by atoms with Crippen molar-refractivity contribution in [2.45, 2.75) is 12.5 Å². The molecule has 1 heterocycles. The van der Waals surface area contributed by atoms with Crippen molar-refractivity contribution in [3.05, 3.63) is 63.1 Å². The van der Waals surface area contributed by atoms with Crippen molar-refractivity contribution < 1.29 is 9.50 Å². The van der Waals surface area contributed by atoms with Gasteiger partial charge in [0.1, 0.15) is 5.82 Å². The molecule has 1 unspecified atom stereocenters. The van der Waals surface area contributed by atoms with Crippen LogP contribution in [0.4, 0.5) is 4.39 Å². The van der Waals surface area contributed by atoms with Crippen molar-refractivity contribution >= 4 is 27.5 Å². The molecule has 1 atom stereocenters. The number of hydrogen-bond acceptors (Lipinski definition) is 2. The Morgan fingerprint density at radius 3 is 2.72 bits per heavy atom. The van der Waals surface area contributed by atoms with Crippen LogP contribution in [0.15, 0.2) is 41.0 Å². The minimum atomic E-state index is -0.934. The van der Waals surface area contributed by atoms with Crippen molar-refractivity contribution in [3.63, 3.8) is 0 Å². The second-order valence-electron chi connectivity index (χ2n) is 3.85. The third-order valence-electron chi connectivity index (χ3n) is 2.51. The van der Waals surface area contributed by atoms with Crippen LogP contribution in [-0.2, 0) is 6.42 Å². The molecule has 18 heavy (non-hydrogen) atoms. The number of halogens is 3. The van der Waals surface area contributed by atoms with Gasteiger partial charge >= 0.3 is 0 Å². The molecule has 0 aliphatic heterocycles. The van der Waals surface area contributed by atoms with E-state index in [1.165, 1.54) is 12.1 Å². The largest absolute Gasteiger partial charge is 0.388 e. The lowest BCUT2D eigenvalue weighted by molar-refractivity contribution is 0.172. The molecule has 0 radical (unpaired) electrons. The number of aromatic nitrogens is 1. The second kappa shape index (κ2) is 5.78. The summed E-state index contributed by atoms with van der Waals surface area (Å²) in [6, 6.07) is 7.84. The molecule has 0 saturated carbocycles. The lowest BCUT2D eigenvalue weighted by Gasteiger charge is -2.11. The molecule has 0 bridgehead atoms. The number of benzene rings is 1. The molecule has 0 fully saturated rings. The smallest absolute Gasteiger partial charge is 0.130 e. The van der Waals surface area contributed by atoms with E-state index in [2.05, 4.69) is 20.9 Å². The lowest BCUT2D eigenvalue weighted by atomic mass is 10.0. The van der Waals surface area contributed by atoms with Gasteiger partial charge in [-0.15, -0.1) is 0 Å². The molecule has 1 N–H and O–H groups in total. The maximum absolute atomic E-state index is 13.6. The molecule has 94 valence electrons. The zero-order valence-electron chi connectivity index (χ0n) is 9.28. The highest BCUT2D eigenvalue weighted by Crippen LogP contribution is 2.23. The third kappa shape index (κ3) is 3.28. The Balaban J connectivity index is 2.16. The van der Waals surface area contributed by atoms with E-state index in [1.807, 2.05) is 6.07 Å². The molecule has 2 aromatic rings. The maximum atomic E-state index is 13.6. The Morgan fingerprint density at radius 2 is 2.11 bits per heavy atom. The highest BCUT2D eigenvalue weighted by molar-refractivity contribution is 9.10. The first kappa shape index (κ1) is 13.5. The molecule has 0 spiro atoms. The topological polar surface area (TPSA) is 33.1 Å². The molecule has 2 rings (SSSR count). The average molecular weight is 331 g/mol. The van der Waals surface area contributed by atoms with Gasteiger partial charge in [0.05, 0.1) is 6.10 Å². The summed E-state index contributed by atoms with van der Waals surface area (Å²) in [6.07, 6.45) is 0.961. The van der Waals surface area contributed by atoms with Gasteiger partial charge in [0.2, 0.25) is 0 Å². The van der Waals surface area contributed by atoms with Gasteiger partial charge in [-0.1, -0.05) is 17.7 Å².